The number of nitrogens with one attached hydrogen (secondary N) is 1. The van der Waals surface area contributed by atoms with E-state index in [1.54, 1.807) is 46.8 Å². The molecular weight excluding hydrogens is 453 g/mol. The number of aromatic carboxylic acids is 1. The van der Waals surface area contributed by atoms with Crippen LogP contribution in [0.1, 0.15) is 39.8 Å². The number of likely N-dealkylation sites (tertiary alicyclic amines) is 1. The summed E-state index contributed by atoms with van der Waals surface area (Å²) in [5, 5.41) is 13.8. The number of nitrogens with zero attached hydrogens (tertiary/aromatic N) is 2. The SMILES string of the molecule is CC(=O)N1CCC(NC(=O)c2cc3c(Cl)c(Cl)ccc3n2C)(c2ccc(C(=O)O)cc2)C1. The van der Waals surface area contributed by atoms with Gasteiger partial charge in [0.1, 0.15) is 5.69 Å². The van der Waals surface area contributed by atoms with Crippen LogP contribution in [0.2, 0.25) is 10.0 Å². The molecule has 0 spiro atoms. The second-order valence-electron chi connectivity index (χ2n) is 7.99. The van der Waals surface area contributed by atoms with Crippen molar-refractivity contribution in [3.63, 3.8) is 0 Å². The molecular formula is C23H21Cl2N3O4. The summed E-state index contributed by atoms with van der Waals surface area (Å²) in [6.45, 7) is 2.25. The highest BCUT2D eigenvalue weighted by atomic mass is 35.5. The first-order valence-corrected chi connectivity index (χ1v) is 10.7. The molecule has 2 aromatic carbocycles. The molecule has 1 aliphatic rings. The number of carboxylic acid groups (broad SMARTS) is 1. The number of aromatic nitrogens is 1. The van der Waals surface area contributed by atoms with E-state index in [1.165, 1.54) is 19.1 Å². The number of benzene rings is 2. The number of halogens is 2. The van der Waals surface area contributed by atoms with Crippen molar-refractivity contribution in [1.29, 1.82) is 0 Å². The van der Waals surface area contributed by atoms with Crippen LogP contribution in [0.3, 0.4) is 0 Å². The molecule has 0 radical (unpaired) electrons. The number of hydrogen-bond donors (Lipinski definition) is 2. The lowest BCUT2D eigenvalue weighted by Crippen LogP contribution is -2.48. The summed E-state index contributed by atoms with van der Waals surface area (Å²) in [5.74, 6) is -1.45. The fraction of sp³-hybridized carbons (Fsp3) is 0.261. The molecule has 0 aliphatic carbocycles. The van der Waals surface area contributed by atoms with Gasteiger partial charge < -0.3 is 19.9 Å². The minimum atomic E-state index is -1.03. The van der Waals surface area contributed by atoms with Gasteiger partial charge in [-0.05, 0) is 42.3 Å². The predicted octanol–water partition coefficient (Wildman–Crippen LogP) is 4.06. The van der Waals surface area contributed by atoms with Crippen molar-refractivity contribution < 1.29 is 19.5 Å². The Morgan fingerprint density at radius 3 is 2.38 bits per heavy atom. The van der Waals surface area contributed by atoms with Crippen molar-refractivity contribution in [1.82, 2.24) is 14.8 Å². The van der Waals surface area contributed by atoms with Gasteiger partial charge in [0.05, 0.1) is 21.1 Å². The molecule has 9 heteroatoms. The topological polar surface area (TPSA) is 91.6 Å². The lowest BCUT2D eigenvalue weighted by molar-refractivity contribution is -0.128. The number of fused-ring (bicyclic) bond motifs is 1. The van der Waals surface area contributed by atoms with Gasteiger partial charge in [0.2, 0.25) is 5.91 Å². The third kappa shape index (κ3) is 3.72. The smallest absolute Gasteiger partial charge is 0.335 e. The zero-order chi connectivity index (χ0) is 23.2. The second kappa shape index (κ2) is 8.15. The summed E-state index contributed by atoms with van der Waals surface area (Å²) < 4.78 is 1.74. The number of carbonyl (C=O) groups excluding carboxylic acids is 2. The van der Waals surface area contributed by atoms with Crippen LogP contribution in [0.4, 0.5) is 0 Å². The van der Waals surface area contributed by atoms with Crippen LogP contribution in [0.25, 0.3) is 10.9 Å². The molecule has 7 nitrogen and oxygen atoms in total. The Bertz CT molecular complexity index is 1250. The van der Waals surface area contributed by atoms with Crippen molar-refractivity contribution in [3.8, 4) is 0 Å². The van der Waals surface area contributed by atoms with Gasteiger partial charge in [0, 0.05) is 38.0 Å². The third-order valence-electron chi connectivity index (χ3n) is 6.10. The Kier molecular flexibility index (Phi) is 5.65. The zero-order valence-corrected chi connectivity index (χ0v) is 19.0. The average molecular weight is 474 g/mol. The van der Waals surface area contributed by atoms with Crippen molar-refractivity contribution in [2.75, 3.05) is 13.1 Å². The molecule has 2 N–H and O–H groups in total. The van der Waals surface area contributed by atoms with Crippen LogP contribution in [0, 0.1) is 0 Å². The van der Waals surface area contributed by atoms with E-state index in [0.29, 0.717) is 34.1 Å². The number of carboxylic acids is 1. The standard InChI is InChI=1S/C23H21Cl2N3O4/c1-13(29)28-10-9-23(12-28,15-5-3-14(4-6-15)22(31)32)26-21(30)19-11-16-18(27(19)2)8-7-17(24)20(16)25/h3-8,11H,9-10,12H2,1-2H3,(H,26,30)(H,31,32). The molecule has 2 heterocycles. The van der Waals surface area contributed by atoms with Crippen molar-refractivity contribution in [3.05, 3.63) is 69.3 Å². The van der Waals surface area contributed by atoms with Gasteiger partial charge in [0.25, 0.3) is 5.91 Å². The highest BCUT2D eigenvalue weighted by Gasteiger charge is 2.42. The van der Waals surface area contributed by atoms with Crippen LogP contribution in [-0.4, -0.2) is 45.4 Å². The van der Waals surface area contributed by atoms with Crippen LogP contribution < -0.4 is 5.32 Å². The fourth-order valence-corrected chi connectivity index (χ4v) is 4.65. The highest BCUT2D eigenvalue weighted by molar-refractivity contribution is 6.45. The summed E-state index contributed by atoms with van der Waals surface area (Å²) in [7, 11) is 1.77. The monoisotopic (exact) mass is 473 g/mol. The van der Waals surface area contributed by atoms with E-state index >= 15 is 0 Å². The minimum Gasteiger partial charge on any atom is -0.478 e. The first-order valence-electron chi connectivity index (χ1n) is 9.98. The van der Waals surface area contributed by atoms with Crippen LogP contribution in [0.5, 0.6) is 0 Å². The Morgan fingerprint density at radius 2 is 1.78 bits per heavy atom. The highest BCUT2D eigenvalue weighted by Crippen LogP contribution is 2.35. The van der Waals surface area contributed by atoms with E-state index in [-0.39, 0.29) is 23.9 Å². The maximum Gasteiger partial charge on any atom is 0.335 e. The van der Waals surface area contributed by atoms with Crippen molar-refractivity contribution in [2.45, 2.75) is 18.9 Å². The van der Waals surface area contributed by atoms with E-state index in [4.69, 9.17) is 23.2 Å². The van der Waals surface area contributed by atoms with Gasteiger partial charge in [-0.15, -0.1) is 0 Å². The largest absolute Gasteiger partial charge is 0.478 e. The van der Waals surface area contributed by atoms with Gasteiger partial charge >= 0.3 is 5.97 Å². The summed E-state index contributed by atoms with van der Waals surface area (Å²) >= 11 is 12.5. The molecule has 1 saturated heterocycles. The van der Waals surface area contributed by atoms with Gasteiger partial charge in [-0.1, -0.05) is 35.3 Å². The first kappa shape index (κ1) is 22.2. The number of carbonyl (C=O) groups is 3. The molecule has 1 atom stereocenters. The number of aryl methyl sites for hydroxylation is 1. The van der Waals surface area contributed by atoms with Crippen LogP contribution in [0.15, 0.2) is 42.5 Å². The summed E-state index contributed by atoms with van der Waals surface area (Å²) in [6, 6.07) is 11.5. The first-order chi connectivity index (χ1) is 15.1. The van der Waals surface area contributed by atoms with Gasteiger partial charge in [-0.2, -0.15) is 0 Å². The van der Waals surface area contributed by atoms with Crippen molar-refractivity contribution in [2.24, 2.45) is 7.05 Å². The lowest BCUT2D eigenvalue weighted by Gasteiger charge is -2.31. The molecule has 1 aromatic heterocycles. The molecule has 1 aliphatic heterocycles. The Morgan fingerprint density at radius 1 is 1.09 bits per heavy atom. The van der Waals surface area contributed by atoms with E-state index in [1.807, 2.05) is 0 Å². The molecule has 4 rings (SSSR count). The van der Waals surface area contributed by atoms with Crippen LogP contribution in [-0.2, 0) is 17.4 Å². The van der Waals surface area contributed by atoms with E-state index in [9.17, 15) is 19.5 Å². The maximum atomic E-state index is 13.4. The summed E-state index contributed by atoms with van der Waals surface area (Å²) in [4.78, 5) is 38.3. The van der Waals surface area contributed by atoms with Crippen molar-refractivity contribution >= 4 is 51.9 Å². The Hall–Kier alpha value is -3.03. The third-order valence-corrected chi connectivity index (χ3v) is 6.92. The lowest BCUT2D eigenvalue weighted by atomic mass is 9.88. The van der Waals surface area contributed by atoms with E-state index in [2.05, 4.69) is 5.32 Å². The summed E-state index contributed by atoms with van der Waals surface area (Å²) in [6.07, 6.45) is 0.501. The molecule has 166 valence electrons. The molecule has 1 unspecified atom stereocenters. The minimum absolute atomic E-state index is 0.0886. The predicted molar refractivity (Wildman–Crippen MR) is 122 cm³/mol. The van der Waals surface area contributed by atoms with Gasteiger partial charge in [-0.3, -0.25) is 9.59 Å². The number of rotatable bonds is 4. The molecule has 3 aromatic rings. The normalized spacial score (nSPS) is 18.2. The van der Waals surface area contributed by atoms with Crippen LogP contribution >= 0.6 is 23.2 Å². The molecule has 2 amide bonds. The van der Waals surface area contributed by atoms with E-state index in [0.717, 1.165) is 11.1 Å². The molecule has 0 saturated carbocycles. The van der Waals surface area contributed by atoms with Gasteiger partial charge in [-0.25, -0.2) is 4.79 Å². The average Bonchev–Trinajstić information content (AvgIpc) is 3.34. The fourth-order valence-electron chi connectivity index (χ4n) is 4.27. The zero-order valence-electron chi connectivity index (χ0n) is 17.5. The Balaban J connectivity index is 1.73. The molecule has 0 bridgehead atoms. The molecule has 32 heavy (non-hydrogen) atoms. The maximum absolute atomic E-state index is 13.4. The van der Waals surface area contributed by atoms with E-state index < -0.39 is 11.5 Å². The quantitative estimate of drug-likeness (QED) is 0.597. The Labute approximate surface area is 194 Å². The number of hydrogen-bond acceptors (Lipinski definition) is 3. The molecule has 1 fully saturated rings. The summed E-state index contributed by atoms with van der Waals surface area (Å²) in [5.41, 5.74) is 1.20. The second-order valence-corrected chi connectivity index (χ2v) is 8.78. The van der Waals surface area contributed by atoms with Gasteiger partial charge in [0.15, 0.2) is 0 Å². The number of amides is 2.